The summed E-state index contributed by atoms with van der Waals surface area (Å²) < 4.78 is 5.30. The Morgan fingerprint density at radius 3 is 3.11 bits per heavy atom. The fourth-order valence-electron chi connectivity index (χ4n) is 2.27. The van der Waals surface area contributed by atoms with Gasteiger partial charge in [0.25, 0.3) is 5.91 Å². The first-order valence-corrected chi connectivity index (χ1v) is 6.92. The molecule has 0 saturated carbocycles. The lowest BCUT2D eigenvalue weighted by Crippen LogP contribution is -2.36. The third-order valence-corrected chi connectivity index (χ3v) is 3.30. The van der Waals surface area contributed by atoms with Gasteiger partial charge in [0.15, 0.2) is 0 Å². The molecular formula is C15H22N2O2. The maximum absolute atomic E-state index is 12.1. The molecule has 1 aromatic carbocycles. The summed E-state index contributed by atoms with van der Waals surface area (Å²) in [6.07, 6.45) is 1.04. The van der Waals surface area contributed by atoms with E-state index in [-0.39, 0.29) is 11.9 Å². The van der Waals surface area contributed by atoms with Crippen molar-refractivity contribution in [3.63, 3.8) is 0 Å². The summed E-state index contributed by atoms with van der Waals surface area (Å²) in [5.74, 6) is -0.0272. The second-order valence-corrected chi connectivity index (χ2v) is 4.94. The Morgan fingerprint density at radius 1 is 1.47 bits per heavy atom. The van der Waals surface area contributed by atoms with E-state index in [1.54, 1.807) is 0 Å². The summed E-state index contributed by atoms with van der Waals surface area (Å²) in [5.41, 5.74) is 3.31. The van der Waals surface area contributed by atoms with Crippen LogP contribution in [0, 0.1) is 0 Å². The number of hydrogen-bond acceptors (Lipinski definition) is 3. The number of hydrogen-bond donors (Lipinski definition) is 2. The van der Waals surface area contributed by atoms with Crippen molar-refractivity contribution in [2.75, 3.05) is 19.8 Å². The highest BCUT2D eigenvalue weighted by Crippen LogP contribution is 2.15. The first-order valence-electron chi connectivity index (χ1n) is 6.92. The van der Waals surface area contributed by atoms with Crippen LogP contribution < -0.4 is 10.6 Å². The Kier molecular flexibility index (Phi) is 4.93. The van der Waals surface area contributed by atoms with Crippen molar-refractivity contribution in [1.29, 1.82) is 0 Å². The predicted octanol–water partition coefficient (Wildman–Crippen LogP) is 1.49. The number of rotatable bonds is 5. The van der Waals surface area contributed by atoms with Crippen LogP contribution in [0.4, 0.5) is 0 Å². The van der Waals surface area contributed by atoms with Crippen LogP contribution in [-0.4, -0.2) is 31.7 Å². The Bertz CT molecular complexity index is 446. The highest BCUT2D eigenvalue weighted by molar-refractivity contribution is 5.94. The second-order valence-electron chi connectivity index (χ2n) is 4.94. The quantitative estimate of drug-likeness (QED) is 0.845. The summed E-state index contributed by atoms with van der Waals surface area (Å²) in [6, 6.07) is 6.00. The maximum Gasteiger partial charge on any atom is 0.251 e. The van der Waals surface area contributed by atoms with Crippen LogP contribution in [0.2, 0.25) is 0 Å². The minimum absolute atomic E-state index is 0.0272. The number of benzene rings is 1. The van der Waals surface area contributed by atoms with Crippen molar-refractivity contribution in [1.82, 2.24) is 10.6 Å². The molecule has 0 saturated heterocycles. The standard InChI is InChI=1S/C15H22N2O2/c1-3-19-10-11(2)17-15(18)13-5-4-12-6-7-16-9-14(12)8-13/h4-5,8,11,16H,3,6-7,9-10H2,1-2H3,(H,17,18). The van der Waals surface area contributed by atoms with Gasteiger partial charge in [0.2, 0.25) is 0 Å². The van der Waals surface area contributed by atoms with Gasteiger partial charge in [-0.15, -0.1) is 0 Å². The Hall–Kier alpha value is -1.39. The molecule has 1 atom stereocenters. The second kappa shape index (κ2) is 6.68. The molecule has 0 aromatic heterocycles. The fraction of sp³-hybridized carbons (Fsp3) is 0.533. The highest BCUT2D eigenvalue weighted by atomic mass is 16.5. The molecule has 0 radical (unpaired) electrons. The molecule has 0 fully saturated rings. The zero-order valence-corrected chi connectivity index (χ0v) is 11.7. The smallest absolute Gasteiger partial charge is 0.251 e. The van der Waals surface area contributed by atoms with E-state index >= 15 is 0 Å². The zero-order chi connectivity index (χ0) is 13.7. The topological polar surface area (TPSA) is 50.4 Å². The summed E-state index contributed by atoms with van der Waals surface area (Å²) in [7, 11) is 0. The minimum atomic E-state index is -0.0272. The summed E-state index contributed by atoms with van der Waals surface area (Å²) in [4.78, 5) is 12.1. The molecule has 1 heterocycles. The van der Waals surface area contributed by atoms with Gasteiger partial charge in [-0.3, -0.25) is 4.79 Å². The third kappa shape index (κ3) is 3.78. The number of carbonyl (C=O) groups excluding carboxylic acids is 1. The van der Waals surface area contributed by atoms with Gasteiger partial charge >= 0.3 is 0 Å². The van der Waals surface area contributed by atoms with Gasteiger partial charge in [0.05, 0.1) is 6.61 Å². The van der Waals surface area contributed by atoms with E-state index in [0.717, 1.165) is 25.1 Å². The molecule has 1 aliphatic rings. The summed E-state index contributed by atoms with van der Waals surface area (Å²) in [6.45, 7) is 6.99. The summed E-state index contributed by atoms with van der Waals surface area (Å²) >= 11 is 0. The zero-order valence-electron chi connectivity index (χ0n) is 11.7. The molecular weight excluding hydrogens is 240 g/mol. The Labute approximate surface area is 114 Å². The molecule has 104 valence electrons. The molecule has 0 aliphatic carbocycles. The lowest BCUT2D eigenvalue weighted by molar-refractivity contribution is 0.0872. The van der Waals surface area contributed by atoms with E-state index in [1.165, 1.54) is 11.1 Å². The lowest BCUT2D eigenvalue weighted by Gasteiger charge is -2.18. The minimum Gasteiger partial charge on any atom is -0.380 e. The van der Waals surface area contributed by atoms with Gasteiger partial charge in [-0.05, 0) is 50.1 Å². The first-order chi connectivity index (χ1) is 9.20. The Morgan fingerprint density at radius 2 is 2.32 bits per heavy atom. The van der Waals surface area contributed by atoms with Crippen molar-refractivity contribution in [3.05, 3.63) is 34.9 Å². The average Bonchev–Trinajstić information content (AvgIpc) is 2.44. The fourth-order valence-corrected chi connectivity index (χ4v) is 2.27. The normalized spacial score (nSPS) is 15.7. The largest absolute Gasteiger partial charge is 0.380 e. The number of ether oxygens (including phenoxy) is 1. The molecule has 1 amide bonds. The number of carbonyl (C=O) groups is 1. The number of fused-ring (bicyclic) bond motifs is 1. The molecule has 19 heavy (non-hydrogen) atoms. The first kappa shape index (κ1) is 14.0. The van der Waals surface area contributed by atoms with Gasteiger partial charge in [-0.1, -0.05) is 6.07 Å². The molecule has 0 spiro atoms. The number of amides is 1. The highest BCUT2D eigenvalue weighted by Gasteiger charge is 2.14. The molecule has 4 nitrogen and oxygen atoms in total. The molecule has 1 aliphatic heterocycles. The van der Waals surface area contributed by atoms with Crippen LogP contribution in [-0.2, 0) is 17.7 Å². The number of nitrogens with one attached hydrogen (secondary N) is 2. The van der Waals surface area contributed by atoms with E-state index in [0.29, 0.717) is 13.2 Å². The SMILES string of the molecule is CCOCC(C)NC(=O)c1ccc2c(c1)CNCC2. The molecule has 2 N–H and O–H groups in total. The monoisotopic (exact) mass is 262 g/mol. The Balaban J connectivity index is 1.99. The summed E-state index contributed by atoms with van der Waals surface area (Å²) in [5, 5.41) is 6.28. The van der Waals surface area contributed by atoms with E-state index < -0.39 is 0 Å². The molecule has 1 unspecified atom stereocenters. The van der Waals surface area contributed by atoms with E-state index in [1.807, 2.05) is 26.0 Å². The molecule has 0 bridgehead atoms. The van der Waals surface area contributed by atoms with Crippen LogP contribution in [0.15, 0.2) is 18.2 Å². The average molecular weight is 262 g/mol. The van der Waals surface area contributed by atoms with Crippen molar-refractivity contribution < 1.29 is 9.53 Å². The maximum atomic E-state index is 12.1. The van der Waals surface area contributed by atoms with Crippen LogP contribution in [0.1, 0.15) is 35.3 Å². The van der Waals surface area contributed by atoms with Gasteiger partial charge in [-0.2, -0.15) is 0 Å². The van der Waals surface area contributed by atoms with Crippen molar-refractivity contribution >= 4 is 5.91 Å². The van der Waals surface area contributed by atoms with E-state index in [4.69, 9.17) is 4.74 Å². The van der Waals surface area contributed by atoms with Gasteiger partial charge in [-0.25, -0.2) is 0 Å². The molecule has 4 heteroatoms. The predicted molar refractivity (Wildman–Crippen MR) is 75.3 cm³/mol. The van der Waals surface area contributed by atoms with Gasteiger partial charge < -0.3 is 15.4 Å². The van der Waals surface area contributed by atoms with Crippen LogP contribution in [0.25, 0.3) is 0 Å². The van der Waals surface area contributed by atoms with Crippen LogP contribution in [0.3, 0.4) is 0 Å². The van der Waals surface area contributed by atoms with Crippen molar-refractivity contribution in [2.45, 2.75) is 32.9 Å². The third-order valence-electron chi connectivity index (χ3n) is 3.30. The van der Waals surface area contributed by atoms with Gasteiger partial charge in [0, 0.05) is 24.8 Å². The lowest BCUT2D eigenvalue weighted by atomic mass is 9.98. The van der Waals surface area contributed by atoms with Gasteiger partial charge in [0.1, 0.15) is 0 Å². The molecule has 1 aromatic rings. The van der Waals surface area contributed by atoms with E-state index in [9.17, 15) is 4.79 Å². The van der Waals surface area contributed by atoms with Crippen LogP contribution in [0.5, 0.6) is 0 Å². The van der Waals surface area contributed by atoms with E-state index in [2.05, 4.69) is 16.7 Å². The van der Waals surface area contributed by atoms with Crippen LogP contribution >= 0.6 is 0 Å². The van der Waals surface area contributed by atoms with Crippen molar-refractivity contribution in [3.8, 4) is 0 Å². The molecule has 2 rings (SSSR count). The van der Waals surface area contributed by atoms with Crippen molar-refractivity contribution in [2.24, 2.45) is 0 Å².